The third-order valence-electron chi connectivity index (χ3n) is 3.99. The lowest BCUT2D eigenvalue weighted by molar-refractivity contribution is 0.310. The molecule has 6 heteroatoms. The van der Waals surface area contributed by atoms with Gasteiger partial charge >= 0.3 is 0 Å². The number of aromatic nitrogens is 4. The van der Waals surface area contributed by atoms with Crippen molar-refractivity contribution < 1.29 is 4.63 Å². The summed E-state index contributed by atoms with van der Waals surface area (Å²) in [6.07, 6.45) is 0. The predicted molar refractivity (Wildman–Crippen MR) is 87.7 cm³/mol. The standard InChI is InChI=1S/C17H15N5O/c1-11(12-7-3-2-4-8-12)22-14-10-6-5-9-13(14)19-17(22)15-16(18)21-23-20-15/h2-11H,1H3,(H2,18,21)/t11-/m0/s1. The van der Waals surface area contributed by atoms with Crippen LogP contribution in [0, 0.1) is 0 Å². The van der Waals surface area contributed by atoms with Crippen molar-refractivity contribution in [2.45, 2.75) is 13.0 Å². The molecule has 2 aromatic carbocycles. The van der Waals surface area contributed by atoms with Crippen molar-refractivity contribution in [1.29, 1.82) is 0 Å². The van der Waals surface area contributed by atoms with Gasteiger partial charge in [0.2, 0.25) is 0 Å². The maximum atomic E-state index is 5.88. The average Bonchev–Trinajstić information content (AvgIpc) is 3.18. The smallest absolute Gasteiger partial charge is 0.199 e. The summed E-state index contributed by atoms with van der Waals surface area (Å²) in [5.41, 5.74) is 9.41. The minimum Gasteiger partial charge on any atom is -0.379 e. The van der Waals surface area contributed by atoms with Gasteiger partial charge in [-0.25, -0.2) is 9.61 Å². The van der Waals surface area contributed by atoms with Gasteiger partial charge in [-0.05, 0) is 34.9 Å². The fourth-order valence-corrected chi connectivity index (χ4v) is 2.83. The van der Waals surface area contributed by atoms with Crippen LogP contribution < -0.4 is 5.73 Å². The van der Waals surface area contributed by atoms with Gasteiger partial charge in [-0.3, -0.25) is 0 Å². The number of hydrogen-bond acceptors (Lipinski definition) is 5. The second kappa shape index (κ2) is 5.24. The van der Waals surface area contributed by atoms with E-state index in [2.05, 4.69) is 38.9 Å². The molecule has 2 N–H and O–H groups in total. The molecule has 2 aromatic heterocycles. The quantitative estimate of drug-likeness (QED) is 0.628. The van der Waals surface area contributed by atoms with Crippen molar-refractivity contribution in [2.75, 3.05) is 5.73 Å². The Kier molecular flexibility index (Phi) is 3.08. The second-order valence-electron chi connectivity index (χ2n) is 5.38. The Hall–Kier alpha value is -3.15. The predicted octanol–water partition coefficient (Wildman–Crippen LogP) is 3.28. The molecule has 0 aliphatic heterocycles. The molecule has 23 heavy (non-hydrogen) atoms. The first-order valence-electron chi connectivity index (χ1n) is 7.36. The minimum absolute atomic E-state index is 0.0645. The van der Waals surface area contributed by atoms with Gasteiger partial charge in [-0.15, -0.1) is 0 Å². The van der Waals surface area contributed by atoms with E-state index in [0.717, 1.165) is 11.0 Å². The van der Waals surface area contributed by atoms with E-state index in [-0.39, 0.29) is 11.9 Å². The van der Waals surface area contributed by atoms with E-state index in [1.54, 1.807) is 0 Å². The molecule has 0 amide bonds. The number of imidazole rings is 1. The zero-order valence-electron chi connectivity index (χ0n) is 12.5. The summed E-state index contributed by atoms with van der Waals surface area (Å²) in [4.78, 5) is 4.68. The first-order valence-corrected chi connectivity index (χ1v) is 7.36. The topological polar surface area (TPSA) is 82.8 Å². The number of nitrogens with zero attached hydrogens (tertiary/aromatic N) is 4. The summed E-state index contributed by atoms with van der Waals surface area (Å²) in [7, 11) is 0. The molecule has 4 rings (SSSR count). The van der Waals surface area contributed by atoms with Crippen LogP contribution in [0.2, 0.25) is 0 Å². The van der Waals surface area contributed by atoms with Crippen molar-refractivity contribution in [3.8, 4) is 11.5 Å². The number of para-hydroxylation sites is 2. The Labute approximate surface area is 132 Å². The van der Waals surface area contributed by atoms with Gasteiger partial charge in [0, 0.05) is 0 Å². The maximum absolute atomic E-state index is 5.88. The molecule has 114 valence electrons. The Balaban J connectivity index is 1.99. The van der Waals surface area contributed by atoms with Crippen LogP contribution in [0.3, 0.4) is 0 Å². The number of hydrogen-bond donors (Lipinski definition) is 1. The van der Waals surface area contributed by atoms with E-state index in [1.165, 1.54) is 5.56 Å². The lowest BCUT2D eigenvalue weighted by Crippen LogP contribution is -2.09. The molecule has 0 unspecified atom stereocenters. The number of fused-ring (bicyclic) bond motifs is 1. The fourth-order valence-electron chi connectivity index (χ4n) is 2.83. The van der Waals surface area contributed by atoms with Crippen molar-refractivity contribution in [3.05, 3.63) is 60.2 Å². The molecule has 0 fully saturated rings. The number of rotatable bonds is 3. The molecule has 1 atom stereocenters. The first-order chi connectivity index (χ1) is 11.3. The molecule has 4 aromatic rings. The molecular formula is C17H15N5O. The molecule has 0 spiro atoms. The molecular weight excluding hydrogens is 290 g/mol. The monoisotopic (exact) mass is 305 g/mol. The van der Waals surface area contributed by atoms with E-state index >= 15 is 0 Å². The van der Waals surface area contributed by atoms with E-state index < -0.39 is 0 Å². The molecule has 6 nitrogen and oxygen atoms in total. The van der Waals surface area contributed by atoms with Gasteiger partial charge in [-0.2, -0.15) is 0 Å². The molecule has 0 bridgehead atoms. The van der Waals surface area contributed by atoms with Crippen LogP contribution >= 0.6 is 0 Å². The van der Waals surface area contributed by atoms with Crippen molar-refractivity contribution >= 4 is 16.9 Å². The van der Waals surface area contributed by atoms with Crippen LogP contribution in [0.1, 0.15) is 18.5 Å². The highest BCUT2D eigenvalue weighted by molar-refractivity contribution is 5.82. The van der Waals surface area contributed by atoms with Crippen LogP contribution in [-0.4, -0.2) is 19.9 Å². The second-order valence-corrected chi connectivity index (χ2v) is 5.38. The largest absolute Gasteiger partial charge is 0.379 e. The van der Waals surface area contributed by atoms with Gasteiger partial charge in [0.05, 0.1) is 17.1 Å². The van der Waals surface area contributed by atoms with Gasteiger partial charge in [0.25, 0.3) is 0 Å². The summed E-state index contributed by atoms with van der Waals surface area (Å²) >= 11 is 0. The Bertz CT molecular complexity index is 957. The SMILES string of the molecule is C[C@@H](c1ccccc1)n1c(-c2nonc2N)nc2ccccc21. The summed E-state index contributed by atoms with van der Waals surface area (Å²) in [5, 5.41) is 7.60. The lowest BCUT2D eigenvalue weighted by Gasteiger charge is -2.17. The van der Waals surface area contributed by atoms with Crippen molar-refractivity contribution in [2.24, 2.45) is 0 Å². The number of anilines is 1. The zero-order chi connectivity index (χ0) is 15.8. The lowest BCUT2D eigenvalue weighted by atomic mass is 10.1. The van der Waals surface area contributed by atoms with Crippen LogP contribution in [-0.2, 0) is 0 Å². The first kappa shape index (κ1) is 13.5. The van der Waals surface area contributed by atoms with Crippen molar-refractivity contribution in [1.82, 2.24) is 19.9 Å². The highest BCUT2D eigenvalue weighted by atomic mass is 16.6. The van der Waals surface area contributed by atoms with Gasteiger partial charge < -0.3 is 10.3 Å². The molecule has 0 saturated heterocycles. The Morgan fingerprint density at radius 2 is 1.74 bits per heavy atom. The van der Waals surface area contributed by atoms with E-state index in [0.29, 0.717) is 11.5 Å². The minimum atomic E-state index is 0.0645. The van der Waals surface area contributed by atoms with Crippen LogP contribution in [0.4, 0.5) is 5.82 Å². The highest BCUT2D eigenvalue weighted by Crippen LogP contribution is 2.32. The highest BCUT2D eigenvalue weighted by Gasteiger charge is 2.22. The fraction of sp³-hybridized carbons (Fsp3) is 0.118. The summed E-state index contributed by atoms with van der Waals surface area (Å²) in [6, 6.07) is 18.3. The van der Waals surface area contributed by atoms with E-state index in [9.17, 15) is 0 Å². The van der Waals surface area contributed by atoms with Crippen LogP contribution in [0.15, 0.2) is 59.2 Å². The van der Waals surface area contributed by atoms with Gasteiger partial charge in [-0.1, -0.05) is 42.5 Å². The maximum Gasteiger partial charge on any atom is 0.199 e. The Morgan fingerprint density at radius 3 is 2.48 bits per heavy atom. The number of nitrogens with two attached hydrogens (primary N) is 1. The number of nitrogen functional groups attached to an aromatic ring is 1. The normalized spacial score (nSPS) is 12.6. The van der Waals surface area contributed by atoms with Crippen molar-refractivity contribution in [3.63, 3.8) is 0 Å². The zero-order valence-corrected chi connectivity index (χ0v) is 12.5. The van der Waals surface area contributed by atoms with Gasteiger partial charge in [0.15, 0.2) is 17.3 Å². The van der Waals surface area contributed by atoms with Crippen LogP contribution in [0.25, 0.3) is 22.6 Å². The molecule has 0 aliphatic carbocycles. The summed E-state index contributed by atoms with van der Waals surface area (Å²) in [5.74, 6) is 0.892. The van der Waals surface area contributed by atoms with E-state index in [1.807, 2.05) is 42.5 Å². The summed E-state index contributed by atoms with van der Waals surface area (Å²) < 4.78 is 6.87. The molecule has 0 radical (unpaired) electrons. The number of benzene rings is 2. The molecule has 2 heterocycles. The third-order valence-corrected chi connectivity index (χ3v) is 3.99. The average molecular weight is 305 g/mol. The summed E-state index contributed by atoms with van der Waals surface area (Å²) in [6.45, 7) is 2.12. The Morgan fingerprint density at radius 1 is 1.00 bits per heavy atom. The molecule has 0 aliphatic rings. The van der Waals surface area contributed by atoms with Crippen LogP contribution in [0.5, 0.6) is 0 Å². The van der Waals surface area contributed by atoms with Gasteiger partial charge in [0.1, 0.15) is 0 Å². The molecule has 0 saturated carbocycles. The third kappa shape index (κ3) is 2.15. The van der Waals surface area contributed by atoms with E-state index in [4.69, 9.17) is 10.4 Å².